The summed E-state index contributed by atoms with van der Waals surface area (Å²) in [5.41, 5.74) is 14.2. The molecule has 152 valence electrons. The predicted octanol–water partition coefficient (Wildman–Crippen LogP) is 2.90. The number of nitrogens with zero attached hydrogens (tertiary/aromatic N) is 6. The van der Waals surface area contributed by atoms with Crippen LogP contribution in [0.2, 0.25) is 0 Å². The van der Waals surface area contributed by atoms with E-state index in [-0.39, 0.29) is 12.0 Å². The van der Waals surface area contributed by atoms with E-state index in [9.17, 15) is 0 Å². The Bertz CT molecular complexity index is 1210. The lowest BCUT2D eigenvalue weighted by atomic mass is 10.0. The molecular formula is C20H21N9S. The second-order valence-corrected chi connectivity index (χ2v) is 8.29. The monoisotopic (exact) mass is 419 g/mol. The van der Waals surface area contributed by atoms with Crippen LogP contribution in [0.4, 0.5) is 23.4 Å². The highest BCUT2D eigenvalue weighted by atomic mass is 32.1. The number of fused-ring (bicyclic) bond motifs is 3. The number of rotatable bonds is 4. The normalized spacial score (nSPS) is 15.1. The van der Waals surface area contributed by atoms with Crippen LogP contribution in [0.25, 0.3) is 10.2 Å². The Kier molecular flexibility index (Phi) is 4.64. The number of para-hydroxylation sites is 1. The van der Waals surface area contributed by atoms with Crippen LogP contribution in [0.3, 0.4) is 0 Å². The van der Waals surface area contributed by atoms with E-state index >= 15 is 0 Å². The van der Waals surface area contributed by atoms with Gasteiger partial charge in [0.15, 0.2) is 5.82 Å². The van der Waals surface area contributed by atoms with Crippen LogP contribution >= 0.6 is 11.3 Å². The van der Waals surface area contributed by atoms with Crippen molar-refractivity contribution in [1.29, 1.82) is 0 Å². The first kappa shape index (κ1) is 18.6. The van der Waals surface area contributed by atoms with Crippen LogP contribution in [0.5, 0.6) is 0 Å². The van der Waals surface area contributed by atoms with Crippen molar-refractivity contribution in [3.63, 3.8) is 0 Å². The predicted molar refractivity (Wildman–Crippen MR) is 118 cm³/mol. The topological polar surface area (TPSA) is 132 Å². The van der Waals surface area contributed by atoms with E-state index in [1.165, 1.54) is 16.8 Å². The molecule has 0 spiro atoms. The van der Waals surface area contributed by atoms with Crippen LogP contribution in [-0.4, -0.2) is 36.4 Å². The summed E-state index contributed by atoms with van der Waals surface area (Å²) in [6, 6.07) is 9.73. The molecule has 5 rings (SSSR count). The van der Waals surface area contributed by atoms with E-state index in [0.29, 0.717) is 17.6 Å². The van der Waals surface area contributed by atoms with Crippen molar-refractivity contribution in [3.05, 3.63) is 52.9 Å². The van der Waals surface area contributed by atoms with E-state index in [1.54, 1.807) is 11.3 Å². The van der Waals surface area contributed by atoms with Gasteiger partial charge in [0.2, 0.25) is 11.9 Å². The number of nitrogens with one attached hydrogen (secondary N) is 1. The molecule has 4 heterocycles. The minimum Gasteiger partial charge on any atom is -0.383 e. The molecule has 0 amide bonds. The standard InChI is InChI=1S/C20H21N9S/c1-11(17-26-19(22)28-20(27-17)25-12-5-3-2-4-6-12)29-8-7-13-14(9-29)30-18-15(13)16(21)23-10-24-18/h2-6,10-11H,7-9H2,1H3,(H2,21,23,24)(H3,22,25,26,27,28). The van der Waals surface area contributed by atoms with Gasteiger partial charge < -0.3 is 16.8 Å². The zero-order valence-corrected chi connectivity index (χ0v) is 17.2. The second kappa shape index (κ2) is 7.47. The van der Waals surface area contributed by atoms with Crippen LogP contribution in [0, 0.1) is 0 Å². The first-order valence-corrected chi connectivity index (χ1v) is 10.5. The van der Waals surface area contributed by atoms with Gasteiger partial charge in [0.25, 0.3) is 0 Å². The summed E-state index contributed by atoms with van der Waals surface area (Å²) in [6.45, 7) is 3.74. The number of hydrogen-bond donors (Lipinski definition) is 3. The van der Waals surface area contributed by atoms with Crippen molar-refractivity contribution in [2.45, 2.75) is 25.9 Å². The van der Waals surface area contributed by atoms with Crippen molar-refractivity contribution < 1.29 is 0 Å². The molecule has 9 nitrogen and oxygen atoms in total. The smallest absolute Gasteiger partial charge is 0.232 e. The quantitative estimate of drug-likeness (QED) is 0.457. The molecule has 0 aliphatic carbocycles. The Morgan fingerprint density at radius 1 is 1.10 bits per heavy atom. The Morgan fingerprint density at radius 2 is 1.93 bits per heavy atom. The number of anilines is 4. The number of benzene rings is 1. The maximum absolute atomic E-state index is 6.10. The first-order chi connectivity index (χ1) is 14.6. The van der Waals surface area contributed by atoms with E-state index in [0.717, 1.165) is 35.4 Å². The molecule has 0 saturated heterocycles. The first-order valence-electron chi connectivity index (χ1n) is 9.67. The molecule has 1 aromatic carbocycles. The SMILES string of the molecule is CC(c1nc(N)nc(Nc2ccccc2)n1)N1CCc2c(sc3ncnc(N)c23)C1. The van der Waals surface area contributed by atoms with E-state index in [4.69, 9.17) is 11.5 Å². The van der Waals surface area contributed by atoms with Gasteiger partial charge in [-0.3, -0.25) is 4.90 Å². The number of nitrogens with two attached hydrogens (primary N) is 2. The van der Waals surface area contributed by atoms with Crippen LogP contribution in [0.15, 0.2) is 36.7 Å². The molecule has 3 aromatic heterocycles. The summed E-state index contributed by atoms with van der Waals surface area (Å²) in [6.07, 6.45) is 2.40. The van der Waals surface area contributed by atoms with Crippen molar-refractivity contribution >= 4 is 45.0 Å². The van der Waals surface area contributed by atoms with E-state index in [2.05, 4.69) is 42.1 Å². The highest BCUT2D eigenvalue weighted by Gasteiger charge is 2.28. The molecule has 1 aliphatic heterocycles. The highest BCUT2D eigenvalue weighted by molar-refractivity contribution is 7.18. The van der Waals surface area contributed by atoms with Gasteiger partial charge in [-0.1, -0.05) is 18.2 Å². The fourth-order valence-electron chi connectivity index (χ4n) is 3.77. The maximum atomic E-state index is 6.10. The van der Waals surface area contributed by atoms with E-state index < -0.39 is 0 Å². The summed E-state index contributed by atoms with van der Waals surface area (Å²) < 4.78 is 0. The minimum absolute atomic E-state index is 0.0200. The van der Waals surface area contributed by atoms with Gasteiger partial charge in [-0.2, -0.15) is 15.0 Å². The Balaban J connectivity index is 1.41. The van der Waals surface area contributed by atoms with Gasteiger partial charge >= 0.3 is 0 Å². The van der Waals surface area contributed by atoms with Crippen molar-refractivity contribution in [1.82, 2.24) is 29.8 Å². The Morgan fingerprint density at radius 3 is 2.77 bits per heavy atom. The summed E-state index contributed by atoms with van der Waals surface area (Å²) in [7, 11) is 0. The number of aromatic nitrogens is 5. The molecular weight excluding hydrogens is 398 g/mol. The summed E-state index contributed by atoms with van der Waals surface area (Å²) in [5, 5.41) is 4.20. The van der Waals surface area contributed by atoms with Crippen molar-refractivity contribution in [2.75, 3.05) is 23.3 Å². The molecule has 1 unspecified atom stereocenters. The number of nitrogen functional groups attached to an aromatic ring is 2. The lowest BCUT2D eigenvalue weighted by Crippen LogP contribution is -2.33. The molecule has 10 heteroatoms. The average molecular weight is 420 g/mol. The lowest BCUT2D eigenvalue weighted by molar-refractivity contribution is 0.188. The van der Waals surface area contributed by atoms with Gasteiger partial charge in [0.05, 0.1) is 11.4 Å². The molecule has 0 fully saturated rings. The third-order valence-corrected chi connectivity index (χ3v) is 6.44. The number of hydrogen-bond acceptors (Lipinski definition) is 10. The zero-order valence-electron chi connectivity index (χ0n) is 16.4. The van der Waals surface area contributed by atoms with Crippen molar-refractivity contribution in [3.8, 4) is 0 Å². The third-order valence-electron chi connectivity index (χ3n) is 5.32. The lowest BCUT2D eigenvalue weighted by Gasteiger charge is -2.31. The van der Waals surface area contributed by atoms with Gasteiger partial charge in [0, 0.05) is 23.7 Å². The van der Waals surface area contributed by atoms with Gasteiger partial charge in [0.1, 0.15) is 17.0 Å². The molecule has 0 radical (unpaired) electrons. The Labute approximate surface area is 177 Å². The largest absolute Gasteiger partial charge is 0.383 e. The fraction of sp³-hybridized carbons (Fsp3) is 0.250. The fourth-order valence-corrected chi connectivity index (χ4v) is 4.99. The van der Waals surface area contributed by atoms with Crippen LogP contribution in [0.1, 0.15) is 29.2 Å². The molecule has 4 aromatic rings. The molecule has 1 aliphatic rings. The average Bonchev–Trinajstić information content (AvgIpc) is 3.12. The van der Waals surface area contributed by atoms with Gasteiger partial charge in [-0.15, -0.1) is 11.3 Å². The molecule has 5 N–H and O–H groups in total. The highest BCUT2D eigenvalue weighted by Crippen LogP contribution is 2.38. The van der Waals surface area contributed by atoms with Crippen LogP contribution in [-0.2, 0) is 13.0 Å². The molecule has 0 bridgehead atoms. The Hall–Kier alpha value is -3.37. The summed E-state index contributed by atoms with van der Waals surface area (Å²) in [4.78, 5) is 26.3. The van der Waals surface area contributed by atoms with Crippen molar-refractivity contribution in [2.24, 2.45) is 0 Å². The third kappa shape index (κ3) is 3.40. The summed E-state index contributed by atoms with van der Waals surface area (Å²) in [5.74, 6) is 1.84. The summed E-state index contributed by atoms with van der Waals surface area (Å²) >= 11 is 1.68. The molecule has 0 saturated carbocycles. The zero-order chi connectivity index (χ0) is 20.7. The van der Waals surface area contributed by atoms with Crippen LogP contribution < -0.4 is 16.8 Å². The molecule has 30 heavy (non-hydrogen) atoms. The second-order valence-electron chi connectivity index (χ2n) is 7.21. The van der Waals surface area contributed by atoms with Gasteiger partial charge in [-0.05, 0) is 31.0 Å². The molecule has 1 atom stereocenters. The number of thiophene rings is 1. The maximum Gasteiger partial charge on any atom is 0.232 e. The minimum atomic E-state index is -0.0200. The van der Waals surface area contributed by atoms with Gasteiger partial charge in [-0.25, -0.2) is 9.97 Å². The van der Waals surface area contributed by atoms with E-state index in [1.807, 2.05) is 30.3 Å².